The van der Waals surface area contributed by atoms with Crippen molar-refractivity contribution in [2.75, 3.05) is 0 Å². The van der Waals surface area contributed by atoms with Gasteiger partial charge in [-0.15, -0.1) is 59.7 Å². The minimum atomic E-state index is -0.946. The van der Waals surface area contributed by atoms with E-state index < -0.39 is 5.97 Å². The molecule has 6 aromatic rings. The van der Waals surface area contributed by atoms with Gasteiger partial charge < -0.3 is 29.3 Å². The van der Waals surface area contributed by atoms with Gasteiger partial charge in [0.25, 0.3) is 25.4 Å². The van der Waals surface area contributed by atoms with Crippen LogP contribution in [0.3, 0.4) is 0 Å². The number of hydrogen-bond donors (Lipinski definition) is 1. The van der Waals surface area contributed by atoms with Crippen molar-refractivity contribution in [1.82, 2.24) is 19.9 Å². The molecule has 0 fully saturated rings. The molecule has 4 heterocycles. The Morgan fingerprint density at radius 3 is 1.41 bits per heavy atom. The van der Waals surface area contributed by atoms with Crippen molar-refractivity contribution in [2.45, 2.75) is 0 Å². The summed E-state index contributed by atoms with van der Waals surface area (Å²) < 4.78 is 14.1. The normalized spacial score (nSPS) is 9.47. The van der Waals surface area contributed by atoms with Crippen molar-refractivity contribution in [2.24, 2.45) is 0 Å². The van der Waals surface area contributed by atoms with E-state index in [0.717, 1.165) is 22.5 Å². The van der Waals surface area contributed by atoms with Crippen LogP contribution in [0.2, 0.25) is 0 Å². The van der Waals surface area contributed by atoms with E-state index >= 15 is 0 Å². The van der Waals surface area contributed by atoms with Crippen LogP contribution in [0.15, 0.2) is 122 Å². The van der Waals surface area contributed by atoms with Gasteiger partial charge in [0.05, 0.1) is 11.4 Å². The minimum Gasteiger partial charge on any atom is -0.485 e. The maximum absolute atomic E-state index is 10.6. The molecule has 1 N–H and O–H groups in total. The number of hydrogen-bond acceptors (Lipinski definition) is 11. The monoisotopic (exact) mass is 833 g/mol. The first kappa shape index (κ1) is 37.0. The molecule has 247 valence electrons. The molecule has 0 aliphatic rings. The molecule has 0 amide bonds. The van der Waals surface area contributed by atoms with E-state index in [2.05, 4.69) is 36.8 Å². The molecule has 0 atom stereocenters. The Hall–Kier alpha value is -6.43. The molecular formula is C36H24IrN4O8-2. The Morgan fingerprint density at radius 1 is 0.551 bits per heavy atom. The van der Waals surface area contributed by atoms with Crippen LogP contribution < -0.4 is 14.2 Å². The molecule has 49 heavy (non-hydrogen) atoms. The molecule has 1 radical (unpaired) electrons. The maximum Gasteiger partial charge on any atom is 0.298 e. The van der Waals surface area contributed by atoms with Crippen LogP contribution in [0, 0.1) is 12.1 Å². The summed E-state index contributed by atoms with van der Waals surface area (Å²) in [5.41, 5.74) is 4.53. The van der Waals surface area contributed by atoms with Crippen molar-refractivity contribution in [1.29, 1.82) is 0 Å². The largest absolute Gasteiger partial charge is 0.485 e. The van der Waals surface area contributed by atoms with Crippen molar-refractivity contribution in [3.05, 3.63) is 140 Å². The van der Waals surface area contributed by atoms with Gasteiger partial charge in [0.1, 0.15) is 11.5 Å². The molecule has 0 saturated heterocycles. The Labute approximate surface area is 293 Å². The number of carbonyl (C=O) groups is 4. The van der Waals surface area contributed by atoms with Gasteiger partial charge in [0.2, 0.25) is 0 Å². The second-order valence-electron chi connectivity index (χ2n) is 9.06. The summed E-state index contributed by atoms with van der Waals surface area (Å²) >= 11 is 0. The number of benzene rings is 2. The third-order valence-electron chi connectivity index (χ3n) is 6.00. The Morgan fingerprint density at radius 2 is 1.02 bits per heavy atom. The Bertz CT molecular complexity index is 1880. The van der Waals surface area contributed by atoms with Crippen molar-refractivity contribution >= 4 is 25.4 Å². The summed E-state index contributed by atoms with van der Waals surface area (Å²) in [5, 5.41) is 8.71. The van der Waals surface area contributed by atoms with Crippen LogP contribution >= 0.6 is 0 Å². The second kappa shape index (κ2) is 19.9. The molecule has 6 rings (SSSR count). The summed E-state index contributed by atoms with van der Waals surface area (Å²) in [4.78, 5) is 57.7. The van der Waals surface area contributed by atoms with Gasteiger partial charge >= 0.3 is 0 Å². The number of aromatic nitrogens is 4. The zero-order chi connectivity index (χ0) is 34.0. The summed E-state index contributed by atoms with van der Waals surface area (Å²) in [6, 6.07) is 33.1. The second-order valence-corrected chi connectivity index (χ2v) is 9.06. The molecular weight excluding hydrogens is 809 g/mol. The molecule has 12 nitrogen and oxygen atoms in total. The van der Waals surface area contributed by atoms with E-state index in [1.54, 1.807) is 67.0 Å². The topological polar surface area (TPSA) is 168 Å². The number of nitrogens with zero attached hydrogens (tertiary/aromatic N) is 4. The van der Waals surface area contributed by atoms with Gasteiger partial charge in [-0.25, -0.2) is 0 Å². The van der Waals surface area contributed by atoms with Crippen LogP contribution in [-0.4, -0.2) is 50.4 Å². The molecule has 0 aliphatic carbocycles. The quantitative estimate of drug-likeness (QED) is 0.135. The summed E-state index contributed by atoms with van der Waals surface area (Å²) in [5.74, 6) is 0.250. The first-order chi connectivity index (χ1) is 23.5. The van der Waals surface area contributed by atoms with Crippen LogP contribution in [0.1, 0.15) is 10.4 Å². The summed E-state index contributed by atoms with van der Waals surface area (Å²) in [7, 11) is 0. The third-order valence-corrected chi connectivity index (χ3v) is 6.00. The molecule has 13 heteroatoms. The number of carboxylic acid groups (broad SMARTS) is 1. The SMILES string of the molecule is O=C(O)c1c[c-]c(-c2ccccn2)cc1.O=COc1c[c-]c(-c2ccccn2)cc1.O=COc1ccnc(-c2cc(OC=O)ccn2)c1.[Ir]. The van der Waals surface area contributed by atoms with Gasteiger partial charge in [0.15, 0.2) is 0 Å². The van der Waals surface area contributed by atoms with Gasteiger partial charge in [-0.1, -0.05) is 24.3 Å². The van der Waals surface area contributed by atoms with Crippen LogP contribution in [-0.2, 0) is 34.5 Å². The van der Waals surface area contributed by atoms with E-state index in [0.29, 0.717) is 48.1 Å². The van der Waals surface area contributed by atoms with Crippen molar-refractivity contribution in [3.8, 4) is 51.2 Å². The number of ether oxygens (including phenoxy) is 3. The van der Waals surface area contributed by atoms with Crippen LogP contribution in [0.5, 0.6) is 17.2 Å². The smallest absolute Gasteiger partial charge is 0.298 e. The molecule has 2 aromatic carbocycles. The van der Waals surface area contributed by atoms with E-state index in [-0.39, 0.29) is 25.7 Å². The minimum absolute atomic E-state index is 0. The fourth-order valence-electron chi connectivity index (χ4n) is 3.82. The zero-order valence-corrected chi connectivity index (χ0v) is 27.6. The predicted molar refractivity (Wildman–Crippen MR) is 172 cm³/mol. The van der Waals surface area contributed by atoms with Gasteiger partial charge in [-0.2, -0.15) is 0 Å². The van der Waals surface area contributed by atoms with Crippen LogP contribution in [0.25, 0.3) is 33.9 Å². The molecule has 0 spiro atoms. The van der Waals surface area contributed by atoms with Crippen LogP contribution in [0.4, 0.5) is 0 Å². The van der Waals surface area contributed by atoms with E-state index in [9.17, 15) is 19.2 Å². The fourth-order valence-corrected chi connectivity index (χ4v) is 3.82. The maximum atomic E-state index is 10.6. The Balaban J connectivity index is 0.000000198. The number of aromatic carboxylic acids is 1. The average Bonchev–Trinajstić information content (AvgIpc) is 3.14. The van der Waals surface area contributed by atoms with Crippen molar-refractivity contribution < 1.29 is 58.6 Å². The van der Waals surface area contributed by atoms with Gasteiger partial charge in [-0.05, 0) is 41.2 Å². The molecule has 0 unspecified atom stereocenters. The van der Waals surface area contributed by atoms with E-state index in [4.69, 9.17) is 14.6 Å². The standard InChI is InChI=1S/C12H8N2O4.2C12H8NO2.Ir/c15-7-17-9-1-3-13-11(5-9)12-6-10(18-8-16)2-4-14-12;14-9-15-11-6-4-10(5-7-11)12-3-1-2-8-13-12;14-12(15)10-6-4-9(5-7-10)11-3-1-2-8-13-11;/h1-8H;1-4,6-9H;1-4,6-8H,(H,14,15);/q;2*-1;. The van der Waals surface area contributed by atoms with Gasteiger partial charge in [0, 0.05) is 62.8 Å². The van der Waals surface area contributed by atoms with E-state index in [1.165, 1.54) is 18.5 Å². The average molecular weight is 833 g/mol. The number of pyridine rings is 4. The number of carboxylic acids is 1. The fraction of sp³-hybridized carbons (Fsp3) is 0. The van der Waals surface area contributed by atoms with Crippen molar-refractivity contribution in [3.63, 3.8) is 0 Å². The number of carbonyl (C=O) groups excluding carboxylic acids is 3. The Kier molecular flexibility index (Phi) is 15.1. The van der Waals surface area contributed by atoms with Gasteiger partial charge in [-0.3, -0.25) is 29.1 Å². The molecule has 0 bridgehead atoms. The first-order valence-corrected chi connectivity index (χ1v) is 13.8. The molecule has 4 aromatic heterocycles. The molecule has 0 aliphatic heterocycles. The summed E-state index contributed by atoms with van der Waals surface area (Å²) in [6.45, 7) is 1.06. The van der Waals surface area contributed by atoms with E-state index in [1.807, 2.05) is 36.4 Å². The summed E-state index contributed by atoms with van der Waals surface area (Å²) in [6.07, 6.45) is 6.39. The predicted octanol–water partition coefficient (Wildman–Crippen LogP) is 5.54. The molecule has 0 saturated carbocycles. The third kappa shape index (κ3) is 11.7. The first-order valence-electron chi connectivity index (χ1n) is 13.8. The zero-order valence-electron chi connectivity index (χ0n) is 25.2. The number of rotatable bonds is 10.